The van der Waals surface area contributed by atoms with Gasteiger partial charge in [-0.25, -0.2) is 9.97 Å². The molecule has 0 aromatic carbocycles. The predicted octanol–water partition coefficient (Wildman–Crippen LogP) is 2.07. The molecule has 0 fully saturated rings. The molecule has 0 bridgehead atoms. The third kappa shape index (κ3) is 1.80. The summed E-state index contributed by atoms with van der Waals surface area (Å²) in [6, 6.07) is 1.68. The zero-order valence-corrected chi connectivity index (χ0v) is 9.07. The molecule has 0 saturated carbocycles. The lowest BCUT2D eigenvalue weighted by molar-refractivity contribution is 0.868. The number of halogens is 1. The van der Waals surface area contributed by atoms with Gasteiger partial charge < -0.3 is 5.73 Å². The van der Waals surface area contributed by atoms with E-state index in [-0.39, 0.29) is 0 Å². The summed E-state index contributed by atoms with van der Waals surface area (Å²) in [5, 5.41) is 0.530. The maximum Gasteiger partial charge on any atom is 0.157 e. The van der Waals surface area contributed by atoms with Crippen LogP contribution in [0.5, 0.6) is 0 Å². The number of aryl methyl sites for hydroxylation is 1. The molecule has 0 aliphatic rings. The molecule has 2 rings (SSSR count). The number of nitrogens with zero attached hydrogens (tertiary/aromatic N) is 3. The van der Waals surface area contributed by atoms with E-state index in [0.717, 1.165) is 12.2 Å². The fourth-order valence-corrected chi connectivity index (χ4v) is 1.68. The topological polar surface area (TPSA) is 56.7 Å². The quantitative estimate of drug-likeness (QED) is 0.846. The Morgan fingerprint density at radius 1 is 1.47 bits per heavy atom. The number of pyridine rings is 1. The predicted molar refractivity (Wildman–Crippen MR) is 60.2 cm³/mol. The standard InChI is InChI=1S/C10H11ClN4/c1-2-9-13-3-4-15(9)10-8(11)5-7(12)6-14-10/h3-6H,2,12H2,1H3. The van der Waals surface area contributed by atoms with Crippen LogP contribution in [0.25, 0.3) is 5.82 Å². The maximum absolute atomic E-state index is 6.06. The molecular weight excluding hydrogens is 212 g/mol. The highest BCUT2D eigenvalue weighted by molar-refractivity contribution is 6.32. The Kier molecular flexibility index (Phi) is 2.60. The minimum Gasteiger partial charge on any atom is -0.397 e. The van der Waals surface area contributed by atoms with Gasteiger partial charge in [0.2, 0.25) is 0 Å². The van der Waals surface area contributed by atoms with Gasteiger partial charge in [-0.3, -0.25) is 4.57 Å². The molecule has 2 aromatic heterocycles. The Balaban J connectivity index is 2.54. The summed E-state index contributed by atoms with van der Waals surface area (Å²) >= 11 is 6.06. The first kappa shape index (κ1) is 9.98. The lowest BCUT2D eigenvalue weighted by Gasteiger charge is -2.07. The van der Waals surface area contributed by atoms with Crippen molar-refractivity contribution in [2.45, 2.75) is 13.3 Å². The van der Waals surface area contributed by atoms with E-state index in [1.807, 2.05) is 17.7 Å². The van der Waals surface area contributed by atoms with E-state index in [2.05, 4.69) is 9.97 Å². The first-order valence-electron chi connectivity index (χ1n) is 4.66. The fourth-order valence-electron chi connectivity index (χ4n) is 1.41. The Bertz CT molecular complexity index is 478. The first-order chi connectivity index (χ1) is 7.22. The highest BCUT2D eigenvalue weighted by Crippen LogP contribution is 2.21. The molecule has 0 unspecified atom stereocenters. The van der Waals surface area contributed by atoms with Gasteiger partial charge in [-0.15, -0.1) is 0 Å². The number of aromatic nitrogens is 3. The van der Waals surface area contributed by atoms with Crippen molar-refractivity contribution in [3.05, 3.63) is 35.5 Å². The van der Waals surface area contributed by atoms with E-state index < -0.39 is 0 Å². The van der Waals surface area contributed by atoms with Crippen LogP contribution in [0.1, 0.15) is 12.7 Å². The Morgan fingerprint density at radius 2 is 2.27 bits per heavy atom. The van der Waals surface area contributed by atoms with Crippen LogP contribution in [0.15, 0.2) is 24.7 Å². The number of nitrogens with two attached hydrogens (primary N) is 1. The number of imidazole rings is 1. The Morgan fingerprint density at radius 3 is 2.93 bits per heavy atom. The van der Waals surface area contributed by atoms with Crippen molar-refractivity contribution in [1.29, 1.82) is 0 Å². The average molecular weight is 223 g/mol. The SMILES string of the molecule is CCc1nccn1-c1ncc(N)cc1Cl. The number of hydrogen-bond donors (Lipinski definition) is 1. The lowest BCUT2D eigenvalue weighted by atomic mass is 10.4. The van der Waals surface area contributed by atoms with Gasteiger partial charge in [0.15, 0.2) is 5.82 Å². The van der Waals surface area contributed by atoms with Crippen LogP contribution < -0.4 is 5.73 Å². The zero-order valence-electron chi connectivity index (χ0n) is 8.31. The number of anilines is 1. The van der Waals surface area contributed by atoms with Crippen LogP contribution in [0.2, 0.25) is 5.02 Å². The summed E-state index contributed by atoms with van der Waals surface area (Å²) in [5.41, 5.74) is 6.14. The lowest BCUT2D eigenvalue weighted by Crippen LogP contribution is -2.03. The van der Waals surface area contributed by atoms with Crippen LogP contribution in [0.3, 0.4) is 0 Å². The molecule has 2 aromatic rings. The van der Waals surface area contributed by atoms with E-state index >= 15 is 0 Å². The summed E-state index contributed by atoms with van der Waals surface area (Å²) in [6.07, 6.45) is 5.98. The van der Waals surface area contributed by atoms with Crippen molar-refractivity contribution >= 4 is 17.3 Å². The molecule has 2 heterocycles. The molecule has 0 spiro atoms. The largest absolute Gasteiger partial charge is 0.397 e. The highest BCUT2D eigenvalue weighted by Gasteiger charge is 2.08. The van der Waals surface area contributed by atoms with Crippen molar-refractivity contribution in [3.63, 3.8) is 0 Å². The summed E-state index contributed by atoms with van der Waals surface area (Å²) in [5.74, 6) is 1.59. The molecule has 0 saturated heterocycles. The van der Waals surface area contributed by atoms with E-state index in [1.165, 1.54) is 0 Å². The van der Waals surface area contributed by atoms with Crippen molar-refractivity contribution in [3.8, 4) is 5.82 Å². The van der Waals surface area contributed by atoms with Crippen molar-refractivity contribution in [2.24, 2.45) is 0 Å². The normalized spacial score (nSPS) is 10.5. The van der Waals surface area contributed by atoms with Gasteiger partial charge >= 0.3 is 0 Å². The summed E-state index contributed by atoms with van der Waals surface area (Å²) in [4.78, 5) is 8.40. The van der Waals surface area contributed by atoms with Gasteiger partial charge in [-0.05, 0) is 6.07 Å². The van der Waals surface area contributed by atoms with Crippen LogP contribution in [0, 0.1) is 0 Å². The smallest absolute Gasteiger partial charge is 0.157 e. The van der Waals surface area contributed by atoms with E-state index in [1.54, 1.807) is 18.5 Å². The summed E-state index contributed by atoms with van der Waals surface area (Å²) in [7, 11) is 0. The molecule has 5 heteroatoms. The van der Waals surface area contributed by atoms with Crippen LogP contribution in [-0.4, -0.2) is 14.5 Å². The second-order valence-corrected chi connectivity index (χ2v) is 3.55. The second-order valence-electron chi connectivity index (χ2n) is 3.14. The second kappa shape index (κ2) is 3.90. The van der Waals surface area contributed by atoms with Gasteiger partial charge in [0, 0.05) is 18.8 Å². The monoisotopic (exact) mass is 222 g/mol. The van der Waals surface area contributed by atoms with Gasteiger partial charge in [0.25, 0.3) is 0 Å². The molecule has 0 aliphatic carbocycles. The van der Waals surface area contributed by atoms with Gasteiger partial charge in [-0.1, -0.05) is 18.5 Å². The number of hydrogen-bond acceptors (Lipinski definition) is 3. The minimum atomic E-state index is 0.530. The zero-order chi connectivity index (χ0) is 10.8. The Hall–Kier alpha value is -1.55. The molecule has 15 heavy (non-hydrogen) atoms. The van der Waals surface area contributed by atoms with Crippen molar-refractivity contribution in [1.82, 2.24) is 14.5 Å². The van der Waals surface area contributed by atoms with Crippen molar-refractivity contribution in [2.75, 3.05) is 5.73 Å². The van der Waals surface area contributed by atoms with Gasteiger partial charge in [0.05, 0.1) is 16.9 Å². The van der Waals surface area contributed by atoms with Gasteiger partial charge in [-0.2, -0.15) is 0 Å². The average Bonchev–Trinajstić information content (AvgIpc) is 2.65. The first-order valence-corrected chi connectivity index (χ1v) is 5.03. The van der Waals surface area contributed by atoms with E-state index in [4.69, 9.17) is 17.3 Å². The van der Waals surface area contributed by atoms with Crippen molar-refractivity contribution < 1.29 is 0 Å². The Labute approximate surface area is 92.7 Å². The highest BCUT2D eigenvalue weighted by atomic mass is 35.5. The summed E-state index contributed by atoms with van der Waals surface area (Å²) < 4.78 is 1.86. The van der Waals surface area contributed by atoms with Crippen LogP contribution in [-0.2, 0) is 6.42 Å². The number of rotatable bonds is 2. The molecular formula is C10H11ClN4. The molecule has 0 atom stereocenters. The molecule has 0 amide bonds. The maximum atomic E-state index is 6.06. The molecule has 2 N–H and O–H groups in total. The fraction of sp³-hybridized carbons (Fsp3) is 0.200. The molecule has 78 valence electrons. The number of nitrogen functional groups attached to an aromatic ring is 1. The molecule has 4 nitrogen and oxygen atoms in total. The molecule has 0 aliphatic heterocycles. The summed E-state index contributed by atoms with van der Waals surface area (Å²) in [6.45, 7) is 2.03. The van der Waals surface area contributed by atoms with E-state index in [0.29, 0.717) is 16.5 Å². The van der Waals surface area contributed by atoms with Crippen LogP contribution >= 0.6 is 11.6 Å². The van der Waals surface area contributed by atoms with E-state index in [9.17, 15) is 0 Å². The van der Waals surface area contributed by atoms with Crippen LogP contribution in [0.4, 0.5) is 5.69 Å². The third-order valence-corrected chi connectivity index (χ3v) is 2.38. The molecule has 0 radical (unpaired) electrons. The van der Waals surface area contributed by atoms with Gasteiger partial charge in [0.1, 0.15) is 5.82 Å². The third-order valence-electron chi connectivity index (χ3n) is 2.10. The minimum absolute atomic E-state index is 0.530.